The van der Waals surface area contributed by atoms with Crippen molar-refractivity contribution in [2.24, 2.45) is 0 Å². The SMILES string of the molecule is O=C(NC(=S)N[N-]C(=O)c1ccccc1O)c1ccccc1.[Cl][Mn+]. The van der Waals surface area contributed by atoms with Crippen LogP contribution in [0.5, 0.6) is 5.75 Å². The van der Waals surface area contributed by atoms with Gasteiger partial charge in [-0.25, -0.2) is 0 Å². The van der Waals surface area contributed by atoms with Crippen LogP contribution in [0.15, 0.2) is 54.6 Å². The number of carbonyl (C=O) groups is 2. The van der Waals surface area contributed by atoms with E-state index in [0.29, 0.717) is 5.56 Å². The summed E-state index contributed by atoms with van der Waals surface area (Å²) in [6.07, 6.45) is 0. The Bertz CT molecular complexity index is 716. The Morgan fingerprint density at radius 3 is 2.25 bits per heavy atom. The van der Waals surface area contributed by atoms with Gasteiger partial charge in [-0.05, 0) is 36.5 Å². The maximum atomic E-state index is 11.8. The fourth-order valence-electron chi connectivity index (χ4n) is 1.61. The average Bonchev–Trinajstić information content (AvgIpc) is 2.62. The first-order valence-electron chi connectivity index (χ1n) is 6.41. The van der Waals surface area contributed by atoms with Gasteiger partial charge in [0, 0.05) is 11.1 Å². The van der Waals surface area contributed by atoms with E-state index < -0.39 is 11.8 Å². The molecule has 0 aromatic heterocycles. The van der Waals surface area contributed by atoms with Gasteiger partial charge in [0.05, 0.1) is 0 Å². The summed E-state index contributed by atoms with van der Waals surface area (Å²) in [5.41, 5.74) is 6.23. The third-order valence-corrected chi connectivity index (χ3v) is 2.85. The van der Waals surface area contributed by atoms with E-state index in [2.05, 4.69) is 41.4 Å². The zero-order valence-electron chi connectivity index (χ0n) is 12.1. The van der Waals surface area contributed by atoms with Crippen molar-refractivity contribution < 1.29 is 29.8 Å². The first-order chi connectivity index (χ1) is 11.6. The van der Waals surface area contributed by atoms with E-state index in [9.17, 15) is 14.7 Å². The molecule has 2 aromatic carbocycles. The fourth-order valence-corrected chi connectivity index (χ4v) is 1.75. The van der Waals surface area contributed by atoms with Gasteiger partial charge >= 0.3 is 25.2 Å². The van der Waals surface area contributed by atoms with Crippen LogP contribution in [0.3, 0.4) is 0 Å². The van der Waals surface area contributed by atoms with Crippen molar-refractivity contribution in [1.82, 2.24) is 10.7 Å². The molecule has 2 rings (SSSR count). The number of hydrogen-bond donors (Lipinski definition) is 3. The van der Waals surface area contributed by atoms with Gasteiger partial charge in [-0.15, -0.1) is 0 Å². The number of aromatic hydroxyl groups is 1. The van der Waals surface area contributed by atoms with Crippen LogP contribution in [0.1, 0.15) is 20.7 Å². The van der Waals surface area contributed by atoms with Crippen molar-refractivity contribution in [2.75, 3.05) is 0 Å². The summed E-state index contributed by atoms with van der Waals surface area (Å²) in [4.78, 5) is 23.6. The van der Waals surface area contributed by atoms with Crippen molar-refractivity contribution >= 4 is 39.2 Å². The van der Waals surface area contributed by atoms with E-state index in [1.54, 1.807) is 42.5 Å². The van der Waals surface area contributed by atoms with Crippen LogP contribution in [0.25, 0.3) is 5.43 Å². The number of hydrogen-bond acceptors (Lipinski definition) is 4. The quantitative estimate of drug-likeness (QED) is 0.406. The van der Waals surface area contributed by atoms with E-state index in [4.69, 9.17) is 12.2 Å². The Morgan fingerprint density at radius 2 is 1.62 bits per heavy atom. The van der Waals surface area contributed by atoms with E-state index >= 15 is 0 Å². The third kappa shape index (κ3) is 6.17. The fraction of sp³-hybridized carbons (Fsp3) is 0. The number of halogens is 1. The Kier molecular flexibility index (Phi) is 8.81. The van der Waals surface area contributed by atoms with Crippen LogP contribution in [0.4, 0.5) is 0 Å². The zero-order valence-corrected chi connectivity index (χ0v) is 14.8. The molecule has 24 heavy (non-hydrogen) atoms. The molecule has 0 unspecified atom stereocenters. The maximum absolute atomic E-state index is 11.8. The molecule has 0 aliphatic heterocycles. The minimum atomic E-state index is -0.700. The third-order valence-electron chi connectivity index (χ3n) is 2.66. The molecule has 9 heteroatoms. The molecule has 6 nitrogen and oxygen atoms in total. The summed E-state index contributed by atoms with van der Waals surface area (Å²) in [7, 11) is 4.45. The van der Waals surface area contributed by atoms with Gasteiger partial charge in [0.15, 0.2) is 5.11 Å². The van der Waals surface area contributed by atoms with Gasteiger partial charge in [-0.1, -0.05) is 30.3 Å². The van der Waals surface area contributed by atoms with E-state index in [0.717, 1.165) is 0 Å². The molecule has 0 heterocycles. The standard InChI is InChI=1S/C15H13N3O3S.ClH.Mn/c19-12-9-5-4-8-11(12)14(21)17-18-15(22)16-13(20)10-6-2-1-3-7-10;;/h1-9H,(H4,16,17,18,19,20,21,22);1H;/q;;+2/p-2. The van der Waals surface area contributed by atoms with Crippen molar-refractivity contribution in [3.05, 3.63) is 71.1 Å². The number of nitrogens with one attached hydrogen (secondary N) is 2. The first-order valence-corrected chi connectivity index (χ1v) is 8.45. The van der Waals surface area contributed by atoms with E-state index in [1.807, 2.05) is 0 Å². The van der Waals surface area contributed by atoms with Crippen LogP contribution in [0.2, 0.25) is 0 Å². The number of amides is 2. The van der Waals surface area contributed by atoms with Crippen molar-refractivity contribution in [1.29, 1.82) is 0 Å². The Morgan fingerprint density at radius 1 is 1.04 bits per heavy atom. The molecule has 2 aromatic rings. The van der Waals surface area contributed by atoms with Gasteiger partial charge in [0.25, 0.3) is 5.91 Å². The van der Waals surface area contributed by atoms with Crippen molar-refractivity contribution in [3.63, 3.8) is 0 Å². The minimum absolute atomic E-state index is 0.0344. The summed E-state index contributed by atoms with van der Waals surface area (Å²) in [6.45, 7) is 0. The Hall–Kier alpha value is -2.12. The van der Waals surface area contributed by atoms with E-state index in [1.165, 1.54) is 12.1 Å². The molecule has 0 radical (unpaired) electrons. The predicted molar refractivity (Wildman–Crippen MR) is 91.3 cm³/mol. The van der Waals surface area contributed by atoms with Gasteiger partial charge in [0.2, 0.25) is 0 Å². The van der Waals surface area contributed by atoms with Gasteiger partial charge in [-0.3, -0.25) is 10.1 Å². The molecule has 0 bridgehead atoms. The van der Waals surface area contributed by atoms with Crippen molar-refractivity contribution in [3.8, 4) is 5.75 Å². The van der Waals surface area contributed by atoms with Gasteiger partial charge in [-0.2, -0.15) is 0 Å². The normalized spacial score (nSPS) is 9.04. The molecule has 0 spiro atoms. The van der Waals surface area contributed by atoms with Crippen LogP contribution in [-0.4, -0.2) is 22.0 Å². The number of rotatable bonds is 2. The summed E-state index contributed by atoms with van der Waals surface area (Å²) >= 11 is 7.29. The Labute approximate surface area is 156 Å². The summed E-state index contributed by atoms with van der Waals surface area (Å²) in [5, 5.41) is 11.8. The number of nitrogens with zero attached hydrogens (tertiary/aromatic N) is 1. The van der Waals surface area contributed by atoms with Gasteiger partial charge in [0.1, 0.15) is 11.7 Å². The molecular weight excluding hydrogens is 393 g/mol. The number of carbonyl (C=O) groups excluding carboxylic acids is 2. The second-order valence-electron chi connectivity index (χ2n) is 4.20. The summed E-state index contributed by atoms with van der Waals surface area (Å²) in [5.74, 6) is -1.30. The second-order valence-corrected chi connectivity index (χ2v) is 4.60. The number of phenols is 1. The molecule has 0 saturated heterocycles. The molecule has 125 valence electrons. The van der Waals surface area contributed by atoms with Crippen LogP contribution in [0, 0.1) is 0 Å². The van der Waals surface area contributed by atoms with Crippen LogP contribution < -0.4 is 10.7 Å². The monoisotopic (exact) mass is 404 g/mol. The van der Waals surface area contributed by atoms with Gasteiger partial charge < -0.3 is 20.8 Å². The first kappa shape index (κ1) is 19.9. The number of phenolic OH excluding ortho intramolecular Hbond substituents is 1. The predicted octanol–water partition coefficient (Wildman–Crippen LogP) is 2.81. The molecule has 0 fully saturated rings. The van der Waals surface area contributed by atoms with Crippen molar-refractivity contribution in [2.45, 2.75) is 0 Å². The number of para-hydroxylation sites is 1. The Balaban J connectivity index is 0.00000139. The molecule has 0 aliphatic rings. The number of thiocarbonyl (C=S) groups is 1. The average molecular weight is 405 g/mol. The summed E-state index contributed by atoms with van der Waals surface area (Å²) in [6, 6.07) is 14.5. The molecule has 0 aliphatic carbocycles. The molecule has 3 N–H and O–H groups in total. The van der Waals surface area contributed by atoms with Crippen LogP contribution in [-0.2, 0) is 15.1 Å². The molecular formula is C15H12ClMnN3O3S. The molecule has 0 saturated carbocycles. The molecule has 0 atom stereocenters. The number of benzene rings is 2. The van der Waals surface area contributed by atoms with E-state index in [-0.39, 0.29) is 16.4 Å². The topological polar surface area (TPSA) is 92.5 Å². The van der Waals surface area contributed by atoms with Crippen LogP contribution >= 0.6 is 22.3 Å². The zero-order chi connectivity index (χ0) is 17.9. The summed E-state index contributed by atoms with van der Waals surface area (Å²) < 4.78 is 0. The second kappa shape index (κ2) is 10.6. The molecule has 2 amide bonds.